The number of benzene rings is 2. The number of nitrogens with zero attached hydrogens (tertiary/aromatic N) is 4. The Labute approximate surface area is 178 Å². The summed E-state index contributed by atoms with van der Waals surface area (Å²) in [6.45, 7) is 7.20. The molecule has 2 amide bonds. The molecule has 5 rings (SSSR count). The van der Waals surface area contributed by atoms with Crippen LogP contribution in [0.3, 0.4) is 0 Å². The SMILES string of the molecule is [C-]#[N+]c1ccccc1NC(=O)Nc1ccc(-n2c3c(c4ncnc(N)c42)CCC3)cc1. The van der Waals surface area contributed by atoms with Crippen molar-refractivity contribution in [3.63, 3.8) is 0 Å². The summed E-state index contributed by atoms with van der Waals surface area (Å²) in [4.78, 5) is 24.4. The van der Waals surface area contributed by atoms with Gasteiger partial charge in [0.05, 0.1) is 12.1 Å². The van der Waals surface area contributed by atoms with Crippen molar-refractivity contribution in [1.82, 2.24) is 14.5 Å². The van der Waals surface area contributed by atoms with Crippen molar-refractivity contribution < 1.29 is 4.79 Å². The molecule has 0 saturated carbocycles. The highest BCUT2D eigenvalue weighted by molar-refractivity contribution is 6.02. The average molecular weight is 409 g/mol. The zero-order valence-corrected chi connectivity index (χ0v) is 16.6. The van der Waals surface area contributed by atoms with Gasteiger partial charge in [-0.2, -0.15) is 0 Å². The molecule has 0 fully saturated rings. The second-order valence-corrected chi connectivity index (χ2v) is 7.33. The first-order valence-corrected chi connectivity index (χ1v) is 9.93. The van der Waals surface area contributed by atoms with Crippen molar-refractivity contribution in [1.29, 1.82) is 0 Å². The standard InChI is InChI=1S/C23H19N7O/c1-25-17-6-2-3-7-18(17)29-23(31)28-14-9-11-15(12-10-14)30-19-8-4-5-16(19)20-21(30)22(24)27-13-26-20/h2-3,6-7,9-13H,4-5,8H2,(H2,24,26,27)(H2,28,29,31). The van der Waals surface area contributed by atoms with Crippen molar-refractivity contribution in [3.8, 4) is 5.69 Å². The van der Waals surface area contributed by atoms with E-state index in [1.54, 1.807) is 24.3 Å². The first kappa shape index (κ1) is 18.6. The maximum atomic E-state index is 12.4. The van der Waals surface area contributed by atoms with Crippen LogP contribution in [0.2, 0.25) is 0 Å². The van der Waals surface area contributed by atoms with E-state index in [-0.39, 0.29) is 0 Å². The number of hydrogen-bond donors (Lipinski definition) is 3. The summed E-state index contributed by atoms with van der Waals surface area (Å²) in [5, 5.41) is 5.52. The van der Waals surface area contributed by atoms with E-state index >= 15 is 0 Å². The fourth-order valence-corrected chi connectivity index (χ4v) is 4.14. The van der Waals surface area contributed by atoms with Gasteiger partial charge in [0.1, 0.15) is 11.8 Å². The lowest BCUT2D eigenvalue weighted by molar-refractivity contribution is 0.262. The van der Waals surface area contributed by atoms with Crippen molar-refractivity contribution >= 4 is 39.9 Å². The van der Waals surface area contributed by atoms with E-state index < -0.39 is 6.03 Å². The zero-order chi connectivity index (χ0) is 21.4. The zero-order valence-electron chi connectivity index (χ0n) is 16.6. The number of nitrogens with two attached hydrogens (primary N) is 1. The Morgan fingerprint density at radius 2 is 1.87 bits per heavy atom. The molecule has 2 heterocycles. The predicted molar refractivity (Wildman–Crippen MR) is 121 cm³/mol. The lowest BCUT2D eigenvalue weighted by atomic mass is 10.2. The molecule has 4 N–H and O–H groups in total. The van der Waals surface area contributed by atoms with Crippen LogP contribution in [0.15, 0.2) is 54.9 Å². The molecular weight excluding hydrogens is 390 g/mol. The highest BCUT2D eigenvalue weighted by atomic mass is 16.2. The quantitative estimate of drug-likeness (QED) is 0.427. The number of carbonyl (C=O) groups excluding carboxylic acids is 1. The number of urea groups is 1. The molecule has 0 bridgehead atoms. The van der Waals surface area contributed by atoms with E-state index in [4.69, 9.17) is 12.3 Å². The number of aryl methyl sites for hydroxylation is 1. The lowest BCUT2D eigenvalue weighted by Crippen LogP contribution is -2.19. The fourth-order valence-electron chi connectivity index (χ4n) is 4.14. The third-order valence-electron chi connectivity index (χ3n) is 5.47. The fraction of sp³-hybridized carbons (Fsp3) is 0.130. The number of carbonyl (C=O) groups is 1. The summed E-state index contributed by atoms with van der Waals surface area (Å²) in [5.41, 5.74) is 12.8. The molecule has 31 heavy (non-hydrogen) atoms. The number of nitrogen functional groups attached to an aromatic ring is 1. The molecule has 0 spiro atoms. The smallest absolute Gasteiger partial charge is 0.322 e. The minimum absolute atomic E-state index is 0.390. The van der Waals surface area contributed by atoms with E-state index in [2.05, 4.69) is 30.0 Å². The average Bonchev–Trinajstić information content (AvgIpc) is 3.37. The van der Waals surface area contributed by atoms with Gasteiger partial charge in [0.15, 0.2) is 5.82 Å². The van der Waals surface area contributed by atoms with Gasteiger partial charge < -0.3 is 20.9 Å². The van der Waals surface area contributed by atoms with Crippen molar-refractivity contribution in [2.45, 2.75) is 19.3 Å². The van der Waals surface area contributed by atoms with Gasteiger partial charge in [-0.15, -0.1) is 0 Å². The molecule has 4 aromatic rings. The van der Waals surface area contributed by atoms with Gasteiger partial charge in [-0.05, 0) is 55.2 Å². The largest absolute Gasteiger partial charge is 0.382 e. The molecule has 152 valence electrons. The minimum Gasteiger partial charge on any atom is -0.382 e. The molecule has 8 nitrogen and oxygen atoms in total. The van der Waals surface area contributed by atoms with Gasteiger partial charge in [0.25, 0.3) is 0 Å². The van der Waals surface area contributed by atoms with Gasteiger partial charge in [0, 0.05) is 22.8 Å². The first-order valence-electron chi connectivity index (χ1n) is 9.93. The van der Waals surface area contributed by atoms with Crippen LogP contribution in [0.25, 0.3) is 21.6 Å². The normalized spacial score (nSPS) is 12.4. The summed E-state index contributed by atoms with van der Waals surface area (Å²) in [5.74, 6) is 0.458. The Kier molecular flexibility index (Phi) is 4.49. The summed E-state index contributed by atoms with van der Waals surface area (Å²) in [6, 6.07) is 14.0. The Balaban J connectivity index is 1.42. The van der Waals surface area contributed by atoms with E-state index in [1.807, 2.05) is 24.3 Å². The summed E-state index contributed by atoms with van der Waals surface area (Å²) < 4.78 is 2.13. The molecule has 0 radical (unpaired) electrons. The van der Waals surface area contributed by atoms with Gasteiger partial charge in [-0.3, -0.25) is 0 Å². The summed E-state index contributed by atoms with van der Waals surface area (Å²) in [7, 11) is 0. The van der Waals surface area contributed by atoms with Gasteiger partial charge in [0.2, 0.25) is 5.69 Å². The molecule has 0 atom stereocenters. The van der Waals surface area contributed by atoms with Crippen molar-refractivity contribution in [2.75, 3.05) is 16.4 Å². The van der Waals surface area contributed by atoms with Crippen LogP contribution in [-0.4, -0.2) is 20.6 Å². The number of anilines is 3. The number of amides is 2. The molecule has 2 aromatic carbocycles. The molecule has 2 aromatic heterocycles. The molecule has 0 saturated heterocycles. The number of aromatic nitrogens is 3. The number of rotatable bonds is 3. The number of fused-ring (bicyclic) bond motifs is 3. The van der Waals surface area contributed by atoms with Gasteiger partial charge >= 0.3 is 6.03 Å². The lowest BCUT2D eigenvalue weighted by Gasteiger charge is -2.12. The molecule has 8 heteroatoms. The maximum absolute atomic E-state index is 12.4. The Hall–Kier alpha value is -4.38. The van der Waals surface area contributed by atoms with Crippen LogP contribution in [0.1, 0.15) is 17.7 Å². The first-order chi connectivity index (χ1) is 15.2. The molecule has 1 aliphatic carbocycles. The summed E-state index contributed by atoms with van der Waals surface area (Å²) in [6.07, 6.45) is 4.56. The predicted octanol–water partition coefficient (Wildman–Crippen LogP) is 4.69. The maximum Gasteiger partial charge on any atom is 0.322 e. The Morgan fingerprint density at radius 3 is 2.68 bits per heavy atom. The molecule has 1 aliphatic rings. The van der Waals surface area contributed by atoms with E-state index in [9.17, 15) is 4.79 Å². The summed E-state index contributed by atoms with van der Waals surface area (Å²) >= 11 is 0. The van der Waals surface area contributed by atoms with Crippen molar-refractivity contribution in [3.05, 3.63) is 77.5 Å². The third-order valence-corrected chi connectivity index (χ3v) is 5.47. The number of hydrogen-bond acceptors (Lipinski definition) is 4. The van der Waals surface area contributed by atoms with E-state index in [0.29, 0.717) is 22.9 Å². The van der Waals surface area contributed by atoms with Gasteiger partial charge in [-0.25, -0.2) is 19.6 Å². The second-order valence-electron chi connectivity index (χ2n) is 7.33. The van der Waals surface area contributed by atoms with Crippen LogP contribution in [0.4, 0.5) is 27.7 Å². The molecule has 0 aliphatic heterocycles. The number of para-hydroxylation sites is 2. The molecule has 0 unspecified atom stereocenters. The van der Waals surface area contributed by atoms with Crippen LogP contribution in [0, 0.1) is 6.57 Å². The highest BCUT2D eigenvalue weighted by Crippen LogP contribution is 2.36. The number of nitrogens with one attached hydrogen (secondary N) is 2. The highest BCUT2D eigenvalue weighted by Gasteiger charge is 2.25. The van der Waals surface area contributed by atoms with Crippen LogP contribution >= 0.6 is 0 Å². The van der Waals surface area contributed by atoms with Crippen LogP contribution in [0.5, 0.6) is 0 Å². The van der Waals surface area contributed by atoms with Crippen LogP contribution < -0.4 is 16.4 Å². The van der Waals surface area contributed by atoms with E-state index in [0.717, 1.165) is 36.0 Å². The second kappa shape index (κ2) is 7.46. The third kappa shape index (κ3) is 3.22. The van der Waals surface area contributed by atoms with E-state index in [1.165, 1.54) is 17.6 Å². The van der Waals surface area contributed by atoms with Crippen molar-refractivity contribution in [2.24, 2.45) is 0 Å². The Morgan fingerprint density at radius 1 is 1.06 bits per heavy atom. The van der Waals surface area contributed by atoms with Crippen LogP contribution in [-0.2, 0) is 12.8 Å². The monoisotopic (exact) mass is 409 g/mol. The van der Waals surface area contributed by atoms with Gasteiger partial charge in [-0.1, -0.05) is 18.2 Å². The minimum atomic E-state index is -0.409. The molecular formula is C23H19N7O. The topological polar surface area (TPSA) is 102 Å². The Bertz CT molecular complexity index is 1350.